The standard InChI is InChI=1S/C19H23N3O2/c1-24-18-7-3-2-5-15(18)8-9-19(23)22-12-10-17(14-22)21-16-6-4-11-20-13-16/h2-7,11,13,17,21H,8-10,12,14H2,1H3/t17-/m1/s1. The summed E-state index contributed by atoms with van der Waals surface area (Å²) < 4.78 is 5.35. The molecule has 1 amide bonds. The fourth-order valence-electron chi connectivity index (χ4n) is 3.10. The molecule has 0 radical (unpaired) electrons. The van der Waals surface area contributed by atoms with E-state index in [1.54, 1.807) is 13.3 Å². The summed E-state index contributed by atoms with van der Waals surface area (Å²) in [5.74, 6) is 1.05. The minimum absolute atomic E-state index is 0.205. The van der Waals surface area contributed by atoms with Gasteiger partial charge in [0, 0.05) is 37.9 Å². The number of para-hydroxylation sites is 1. The lowest BCUT2D eigenvalue weighted by molar-refractivity contribution is -0.130. The molecule has 1 atom stereocenters. The summed E-state index contributed by atoms with van der Waals surface area (Å²) in [7, 11) is 1.66. The molecule has 2 aromatic rings. The van der Waals surface area contributed by atoms with E-state index in [9.17, 15) is 4.79 Å². The molecule has 126 valence electrons. The van der Waals surface area contributed by atoms with Crippen LogP contribution in [0.1, 0.15) is 18.4 Å². The fraction of sp³-hybridized carbons (Fsp3) is 0.368. The molecule has 1 aromatic heterocycles. The Morgan fingerprint density at radius 3 is 3.00 bits per heavy atom. The predicted molar refractivity (Wildman–Crippen MR) is 94.2 cm³/mol. The molecule has 1 N–H and O–H groups in total. The van der Waals surface area contributed by atoms with Crippen LogP contribution in [0.15, 0.2) is 48.8 Å². The third kappa shape index (κ3) is 4.04. The van der Waals surface area contributed by atoms with E-state index >= 15 is 0 Å². The number of anilines is 1. The lowest BCUT2D eigenvalue weighted by Crippen LogP contribution is -2.31. The van der Waals surface area contributed by atoms with Gasteiger partial charge in [0.05, 0.1) is 12.8 Å². The zero-order chi connectivity index (χ0) is 16.8. The summed E-state index contributed by atoms with van der Waals surface area (Å²) >= 11 is 0. The lowest BCUT2D eigenvalue weighted by Gasteiger charge is -2.18. The average Bonchev–Trinajstić information content (AvgIpc) is 3.09. The SMILES string of the molecule is COc1ccccc1CCC(=O)N1CC[C@@H](Nc2cccnc2)C1. The highest BCUT2D eigenvalue weighted by molar-refractivity contribution is 5.77. The van der Waals surface area contributed by atoms with Crippen molar-refractivity contribution in [3.05, 3.63) is 54.4 Å². The first-order chi connectivity index (χ1) is 11.8. The number of nitrogens with one attached hydrogen (secondary N) is 1. The van der Waals surface area contributed by atoms with Crippen molar-refractivity contribution in [2.24, 2.45) is 0 Å². The Morgan fingerprint density at radius 1 is 1.33 bits per heavy atom. The maximum absolute atomic E-state index is 12.5. The largest absolute Gasteiger partial charge is 0.496 e. The van der Waals surface area contributed by atoms with Gasteiger partial charge < -0.3 is 15.0 Å². The smallest absolute Gasteiger partial charge is 0.222 e. The van der Waals surface area contributed by atoms with E-state index in [0.29, 0.717) is 18.9 Å². The van der Waals surface area contributed by atoms with E-state index in [4.69, 9.17) is 4.74 Å². The molecule has 1 aromatic carbocycles. The number of rotatable bonds is 6. The van der Waals surface area contributed by atoms with E-state index in [2.05, 4.69) is 10.3 Å². The second-order valence-corrected chi connectivity index (χ2v) is 6.02. The Kier molecular flexibility index (Phi) is 5.31. The van der Waals surface area contributed by atoms with E-state index in [0.717, 1.165) is 36.5 Å². The Morgan fingerprint density at radius 2 is 2.21 bits per heavy atom. The van der Waals surface area contributed by atoms with Crippen LogP contribution in [-0.4, -0.2) is 42.0 Å². The number of carbonyl (C=O) groups is 1. The first-order valence-corrected chi connectivity index (χ1v) is 8.32. The number of carbonyl (C=O) groups excluding carboxylic acids is 1. The quantitative estimate of drug-likeness (QED) is 0.887. The molecule has 0 spiro atoms. The van der Waals surface area contributed by atoms with Gasteiger partial charge in [-0.15, -0.1) is 0 Å². The molecule has 3 rings (SSSR count). The number of hydrogen-bond donors (Lipinski definition) is 1. The molecular weight excluding hydrogens is 302 g/mol. The van der Waals surface area contributed by atoms with E-state index in [1.165, 1.54) is 0 Å². The third-order valence-electron chi connectivity index (χ3n) is 4.37. The predicted octanol–water partition coefficient (Wildman–Crippen LogP) is 2.74. The molecule has 1 aliphatic rings. The highest BCUT2D eigenvalue weighted by Crippen LogP contribution is 2.20. The number of nitrogens with zero attached hydrogens (tertiary/aromatic N) is 2. The molecule has 1 aliphatic heterocycles. The summed E-state index contributed by atoms with van der Waals surface area (Å²) in [6.45, 7) is 1.56. The zero-order valence-electron chi connectivity index (χ0n) is 13.9. The minimum Gasteiger partial charge on any atom is -0.496 e. The molecule has 0 aliphatic carbocycles. The Balaban J connectivity index is 1.49. The van der Waals surface area contributed by atoms with Crippen molar-refractivity contribution in [3.63, 3.8) is 0 Å². The Hall–Kier alpha value is -2.56. The molecule has 1 saturated heterocycles. The second kappa shape index (κ2) is 7.81. The van der Waals surface area contributed by atoms with Crippen molar-refractivity contribution >= 4 is 11.6 Å². The van der Waals surface area contributed by atoms with Gasteiger partial charge in [-0.1, -0.05) is 18.2 Å². The van der Waals surface area contributed by atoms with Crippen molar-refractivity contribution in [1.29, 1.82) is 0 Å². The number of amides is 1. The van der Waals surface area contributed by atoms with Crippen molar-refractivity contribution in [1.82, 2.24) is 9.88 Å². The van der Waals surface area contributed by atoms with Crippen LogP contribution in [0, 0.1) is 0 Å². The molecule has 24 heavy (non-hydrogen) atoms. The monoisotopic (exact) mass is 325 g/mol. The maximum atomic E-state index is 12.5. The van der Waals surface area contributed by atoms with Crippen LogP contribution < -0.4 is 10.1 Å². The van der Waals surface area contributed by atoms with Gasteiger partial charge >= 0.3 is 0 Å². The first-order valence-electron chi connectivity index (χ1n) is 8.32. The lowest BCUT2D eigenvalue weighted by atomic mass is 10.1. The number of aryl methyl sites for hydroxylation is 1. The van der Waals surface area contributed by atoms with Crippen molar-refractivity contribution in [2.75, 3.05) is 25.5 Å². The fourth-order valence-corrected chi connectivity index (χ4v) is 3.10. The van der Waals surface area contributed by atoms with Crippen molar-refractivity contribution in [2.45, 2.75) is 25.3 Å². The average molecular weight is 325 g/mol. The first kappa shape index (κ1) is 16.3. The van der Waals surface area contributed by atoms with Crippen LogP contribution in [-0.2, 0) is 11.2 Å². The zero-order valence-corrected chi connectivity index (χ0v) is 13.9. The van der Waals surface area contributed by atoms with Crippen LogP contribution in [0.5, 0.6) is 5.75 Å². The highest BCUT2D eigenvalue weighted by Gasteiger charge is 2.25. The summed E-state index contributed by atoms with van der Waals surface area (Å²) in [4.78, 5) is 18.5. The van der Waals surface area contributed by atoms with Crippen LogP contribution in [0.25, 0.3) is 0 Å². The molecule has 5 heteroatoms. The van der Waals surface area contributed by atoms with Crippen LogP contribution in [0.3, 0.4) is 0 Å². The highest BCUT2D eigenvalue weighted by atomic mass is 16.5. The molecule has 5 nitrogen and oxygen atoms in total. The molecule has 2 heterocycles. The van der Waals surface area contributed by atoms with E-state index in [1.807, 2.05) is 47.5 Å². The van der Waals surface area contributed by atoms with E-state index in [-0.39, 0.29) is 5.91 Å². The molecule has 0 unspecified atom stereocenters. The molecular formula is C19H23N3O2. The maximum Gasteiger partial charge on any atom is 0.222 e. The Labute approximate surface area is 142 Å². The van der Waals surface area contributed by atoms with Gasteiger partial charge in [0.1, 0.15) is 5.75 Å². The number of aromatic nitrogens is 1. The summed E-state index contributed by atoms with van der Waals surface area (Å²) in [5.41, 5.74) is 2.09. The Bertz CT molecular complexity index is 675. The van der Waals surface area contributed by atoms with Crippen molar-refractivity contribution < 1.29 is 9.53 Å². The van der Waals surface area contributed by atoms with Gasteiger partial charge in [-0.05, 0) is 36.6 Å². The van der Waals surface area contributed by atoms with Gasteiger partial charge in [-0.2, -0.15) is 0 Å². The molecule has 0 saturated carbocycles. The van der Waals surface area contributed by atoms with Crippen LogP contribution in [0.2, 0.25) is 0 Å². The topological polar surface area (TPSA) is 54.5 Å². The van der Waals surface area contributed by atoms with Gasteiger partial charge in [0.25, 0.3) is 0 Å². The van der Waals surface area contributed by atoms with Gasteiger partial charge in [0.15, 0.2) is 0 Å². The number of likely N-dealkylation sites (tertiary alicyclic amines) is 1. The van der Waals surface area contributed by atoms with Crippen LogP contribution >= 0.6 is 0 Å². The third-order valence-corrected chi connectivity index (χ3v) is 4.37. The summed E-state index contributed by atoms with van der Waals surface area (Å²) in [5, 5.41) is 3.44. The number of ether oxygens (including phenoxy) is 1. The molecule has 1 fully saturated rings. The summed E-state index contributed by atoms with van der Waals surface area (Å²) in [6.07, 6.45) is 5.76. The second-order valence-electron chi connectivity index (χ2n) is 6.02. The van der Waals surface area contributed by atoms with Gasteiger partial charge in [0.2, 0.25) is 5.91 Å². The number of hydrogen-bond acceptors (Lipinski definition) is 4. The van der Waals surface area contributed by atoms with Crippen LogP contribution in [0.4, 0.5) is 5.69 Å². The number of benzene rings is 1. The van der Waals surface area contributed by atoms with Gasteiger partial charge in [-0.25, -0.2) is 0 Å². The molecule has 0 bridgehead atoms. The minimum atomic E-state index is 0.205. The van der Waals surface area contributed by atoms with Gasteiger partial charge in [-0.3, -0.25) is 9.78 Å². The van der Waals surface area contributed by atoms with E-state index < -0.39 is 0 Å². The summed E-state index contributed by atoms with van der Waals surface area (Å²) in [6, 6.07) is 12.1. The number of methoxy groups -OCH3 is 1. The number of pyridine rings is 1. The normalized spacial score (nSPS) is 16.9. The van der Waals surface area contributed by atoms with Crippen molar-refractivity contribution in [3.8, 4) is 5.75 Å².